The van der Waals surface area contributed by atoms with Gasteiger partial charge in [-0.3, -0.25) is 19.3 Å². The molecule has 468 valence electrons. The van der Waals surface area contributed by atoms with E-state index in [1.165, 1.54) is 46.2 Å². The van der Waals surface area contributed by atoms with Crippen molar-refractivity contribution < 1.29 is 60.0 Å². The Bertz CT molecular complexity index is 4270. The van der Waals surface area contributed by atoms with Gasteiger partial charge in [-0.05, 0) is 126 Å². The number of halogens is 7. The second-order valence-corrected chi connectivity index (χ2v) is 22.0. The van der Waals surface area contributed by atoms with E-state index in [0.29, 0.717) is 58.5 Å². The highest BCUT2D eigenvalue weighted by Crippen LogP contribution is 2.41. The van der Waals surface area contributed by atoms with E-state index in [9.17, 15) is 45.8 Å². The van der Waals surface area contributed by atoms with Gasteiger partial charge in [0.1, 0.15) is 11.4 Å². The number of hydrogen-bond acceptors (Lipinski definition) is 15. The maximum absolute atomic E-state index is 14.0. The van der Waals surface area contributed by atoms with Crippen LogP contribution in [-0.4, -0.2) is 119 Å². The summed E-state index contributed by atoms with van der Waals surface area (Å²) in [5.41, 5.74) is 16.3. The van der Waals surface area contributed by atoms with Crippen molar-refractivity contribution in [3.05, 3.63) is 178 Å². The van der Waals surface area contributed by atoms with Gasteiger partial charge in [0.25, 0.3) is 11.8 Å². The standard InChI is InChI=1S/C31H27F3N6O3.C27H18F3N5O3.C4H8ClNO.2CH4/c32-31(33,34)28-24-12-14-39(30(42)27(24)40(36-28)21-9-10-26-25(15-21)29(35)37-43-26)20-7-5-18(6-8-20)23-4-2-1-3-19(23)16-38-13-11-22(41)17-38;28-27(29,30)24-20-11-12-34(17-7-5-15(6-8-17)19-4-2-1-3-16(19)14-36)26(37)23(20)35(32-24)18-9-10-22-21(13-18)25(31)33-38-22;5-6-2-1-4(7)3-6;;/h1-10,15,22,41H,11-14,16-17H2,(H2,35,37);1-10,13-14H,11-12H2,(H2,31,33);4,7H,1-3H2;2*1H4/t22-;;4-;;/m0.0../s1. The summed E-state index contributed by atoms with van der Waals surface area (Å²) >= 11 is 5.48. The van der Waals surface area contributed by atoms with Gasteiger partial charge in [0, 0.05) is 73.9 Å². The molecule has 0 bridgehead atoms. The molecule has 0 unspecified atom stereocenters. The summed E-state index contributed by atoms with van der Waals surface area (Å²) in [6.45, 7) is 3.75. The van der Waals surface area contributed by atoms with Crippen molar-refractivity contribution in [2.75, 3.05) is 60.5 Å². The van der Waals surface area contributed by atoms with E-state index in [1.54, 1.807) is 40.8 Å². The quantitative estimate of drug-likeness (QED) is 0.0596. The predicted molar refractivity (Wildman–Crippen MR) is 328 cm³/mol. The van der Waals surface area contributed by atoms with Crippen LogP contribution in [0, 0.1) is 0 Å². The first-order chi connectivity index (χ1) is 42.2. The Morgan fingerprint density at radius 2 is 1.02 bits per heavy atom. The Kier molecular flexibility index (Phi) is 18.1. The summed E-state index contributed by atoms with van der Waals surface area (Å²) < 4.78 is 97.7. The number of likely N-dealkylation sites (tertiary alicyclic amines) is 1. The van der Waals surface area contributed by atoms with Gasteiger partial charge in [0.05, 0.1) is 34.4 Å². The van der Waals surface area contributed by atoms with Crippen molar-refractivity contribution in [2.45, 2.75) is 71.6 Å². The van der Waals surface area contributed by atoms with Crippen LogP contribution in [0.3, 0.4) is 0 Å². The number of aldehydes is 1. The van der Waals surface area contributed by atoms with Crippen LogP contribution in [0.4, 0.5) is 49.4 Å². The zero-order chi connectivity index (χ0) is 61.8. The maximum Gasteiger partial charge on any atom is 0.435 e. The minimum absolute atomic E-state index is 0. The summed E-state index contributed by atoms with van der Waals surface area (Å²) in [5.74, 6) is -1.04. The number of nitrogen functional groups attached to an aromatic ring is 2. The third-order valence-corrected chi connectivity index (χ3v) is 16.2. The number of aliphatic hydroxyl groups is 2. The largest absolute Gasteiger partial charge is 0.435 e. The number of carbonyl (C=O) groups excluding carboxylic acids is 3. The number of amides is 2. The lowest BCUT2D eigenvalue weighted by molar-refractivity contribution is -0.142. The highest BCUT2D eigenvalue weighted by molar-refractivity contribution is 6.13. The number of fused-ring (bicyclic) bond motifs is 4. The van der Waals surface area contributed by atoms with Gasteiger partial charge in [-0.15, -0.1) is 0 Å². The monoisotopic (exact) mass is 1260 g/mol. The van der Waals surface area contributed by atoms with Crippen molar-refractivity contribution >= 4 is 74.8 Å². The molecule has 0 aliphatic carbocycles. The van der Waals surface area contributed by atoms with Crippen LogP contribution in [0.2, 0.25) is 0 Å². The normalized spacial score (nSPS) is 16.9. The molecule has 0 spiro atoms. The Hall–Kier alpha value is -9.40. The van der Waals surface area contributed by atoms with E-state index < -0.39 is 35.6 Å². The number of anilines is 4. The van der Waals surface area contributed by atoms with Crippen molar-refractivity contribution in [1.82, 2.24) is 39.2 Å². The zero-order valence-corrected chi connectivity index (χ0v) is 47.2. The average Bonchev–Trinajstić information content (AvgIpc) is 1.58. The topological polar surface area (TPSA) is 244 Å². The number of nitrogens with zero attached hydrogens (tertiary/aromatic N) is 10. The van der Waals surface area contributed by atoms with Gasteiger partial charge >= 0.3 is 12.4 Å². The van der Waals surface area contributed by atoms with Gasteiger partial charge in [0.15, 0.2) is 40.5 Å². The predicted octanol–water partition coefficient (Wildman–Crippen LogP) is 11.8. The van der Waals surface area contributed by atoms with Crippen molar-refractivity contribution in [3.63, 3.8) is 0 Å². The number of alkyl halides is 6. The van der Waals surface area contributed by atoms with E-state index in [-0.39, 0.29) is 98.5 Å². The third kappa shape index (κ3) is 12.5. The average molecular weight is 1260 g/mol. The lowest BCUT2D eigenvalue weighted by Gasteiger charge is -2.28. The molecule has 2 amide bonds. The van der Waals surface area contributed by atoms with E-state index in [4.69, 9.17) is 37.4 Å². The molecule has 0 saturated carbocycles. The maximum atomic E-state index is 14.0. The molecule has 0 radical (unpaired) electrons. The fourth-order valence-corrected chi connectivity index (χ4v) is 11.8. The molecule has 4 aliphatic heterocycles. The van der Waals surface area contributed by atoms with E-state index in [0.717, 1.165) is 69.4 Å². The highest BCUT2D eigenvalue weighted by atomic mass is 35.5. The Morgan fingerprint density at radius 3 is 1.46 bits per heavy atom. The van der Waals surface area contributed by atoms with Gasteiger partial charge < -0.3 is 40.5 Å². The number of aromatic nitrogens is 6. The first kappa shape index (κ1) is 63.6. The zero-order valence-electron chi connectivity index (χ0n) is 46.4. The Morgan fingerprint density at radius 1 is 0.578 bits per heavy atom. The summed E-state index contributed by atoms with van der Waals surface area (Å²) in [6.07, 6.45) is -7.67. The fourth-order valence-electron chi connectivity index (χ4n) is 11.5. The molecule has 90 heavy (non-hydrogen) atoms. The number of β-amino-alcohol motifs (C(OH)–C–C–N with tert-alkyl or cyclic N) is 2. The van der Waals surface area contributed by atoms with Gasteiger partial charge in [0.2, 0.25) is 0 Å². The SMILES string of the molecule is C.C.Nc1noc2ccc(-n3nc(C(F)(F)F)c4c3C(=O)N(c3ccc(-c5ccccc5C=O)cc3)CC4)cc12.Nc1noc2ccc(-n3nc(C(F)(F)F)c4c3C(=O)N(c3ccc(-c5ccccc5CN5CC[C@H](O)C5)cc3)CC4)cc12.O[C@H]1CCN(Cl)C1. The van der Waals surface area contributed by atoms with Crippen LogP contribution in [0.5, 0.6) is 0 Å². The van der Waals surface area contributed by atoms with Gasteiger partial charge in [-0.25, -0.2) is 13.8 Å². The fraction of sp³-hybridized carbons (Fsp3) is 0.266. The van der Waals surface area contributed by atoms with Gasteiger partial charge in [-0.1, -0.05) is 98.0 Å². The van der Waals surface area contributed by atoms with Crippen LogP contribution < -0.4 is 21.3 Å². The number of hydrogen-bond donors (Lipinski definition) is 4. The number of nitrogens with two attached hydrogens (primary N) is 2. The van der Waals surface area contributed by atoms with Gasteiger partial charge in [-0.2, -0.15) is 36.5 Å². The molecule has 8 heterocycles. The molecule has 6 N–H and O–H groups in total. The minimum atomic E-state index is -4.74. The lowest BCUT2D eigenvalue weighted by Crippen LogP contribution is -2.39. The summed E-state index contributed by atoms with van der Waals surface area (Å²) in [5, 5.41) is 34.6. The molecule has 4 aromatic heterocycles. The minimum Gasteiger partial charge on any atom is -0.392 e. The van der Waals surface area contributed by atoms with Crippen molar-refractivity contribution in [2.24, 2.45) is 0 Å². The third-order valence-electron chi connectivity index (χ3n) is 15.9. The van der Waals surface area contributed by atoms with Crippen molar-refractivity contribution in [3.8, 4) is 33.6 Å². The number of rotatable bonds is 9. The molecule has 6 aromatic carbocycles. The van der Waals surface area contributed by atoms with Crippen LogP contribution >= 0.6 is 11.8 Å². The van der Waals surface area contributed by atoms with Crippen LogP contribution in [-0.2, 0) is 31.7 Å². The van der Waals surface area contributed by atoms with Crippen LogP contribution in [0.15, 0.2) is 143 Å². The molecule has 14 rings (SSSR count). The first-order valence-electron chi connectivity index (χ1n) is 27.9. The molecule has 4 aliphatic rings. The molecule has 2 saturated heterocycles. The van der Waals surface area contributed by atoms with E-state index in [1.807, 2.05) is 54.6 Å². The molecule has 26 heteroatoms. The molecule has 2 atom stereocenters. The molecule has 10 aromatic rings. The summed E-state index contributed by atoms with van der Waals surface area (Å²) in [4.78, 5) is 44.1. The Labute approximate surface area is 516 Å². The number of carbonyl (C=O) groups is 3. The first-order valence-corrected chi connectivity index (χ1v) is 28.2. The molecular formula is C64H61ClF6N12O7. The summed E-state index contributed by atoms with van der Waals surface area (Å²) in [6, 6.07) is 38.6. The number of aliphatic hydroxyl groups excluding tert-OH is 2. The lowest BCUT2D eigenvalue weighted by atomic mass is 9.98. The number of benzene rings is 6. The smallest absolute Gasteiger partial charge is 0.392 e. The van der Waals surface area contributed by atoms with Crippen molar-refractivity contribution in [1.29, 1.82) is 0 Å². The molecule has 2 fully saturated rings. The van der Waals surface area contributed by atoms with E-state index >= 15 is 0 Å². The molecular weight excluding hydrogens is 1200 g/mol. The molecule has 19 nitrogen and oxygen atoms in total. The van der Waals surface area contributed by atoms with Crippen LogP contribution in [0.25, 0.3) is 55.6 Å². The second-order valence-electron chi connectivity index (χ2n) is 21.5. The second kappa shape index (κ2) is 25.6. The Balaban J connectivity index is 0.000000176. The highest BCUT2D eigenvalue weighted by Gasteiger charge is 2.45. The van der Waals surface area contributed by atoms with Crippen LogP contribution in [0.1, 0.15) is 87.1 Å². The van der Waals surface area contributed by atoms with E-state index in [2.05, 4.69) is 31.5 Å². The summed E-state index contributed by atoms with van der Waals surface area (Å²) in [7, 11) is 0.